The maximum atomic E-state index is 11.3. The van der Waals surface area contributed by atoms with Gasteiger partial charge in [-0.15, -0.1) is 0 Å². The Morgan fingerprint density at radius 3 is 3.18 bits per heavy atom. The highest BCUT2D eigenvalue weighted by molar-refractivity contribution is 7.19. The number of carbonyl (C=O) groups excluding carboxylic acids is 1. The van der Waals surface area contributed by atoms with Gasteiger partial charge in [0, 0.05) is 25.6 Å². The van der Waals surface area contributed by atoms with E-state index in [9.17, 15) is 4.79 Å². The maximum Gasteiger partial charge on any atom is 0.220 e. The molecule has 1 aromatic heterocycles. The van der Waals surface area contributed by atoms with Crippen LogP contribution in [0.3, 0.4) is 0 Å². The molecule has 2 unspecified atom stereocenters. The lowest BCUT2D eigenvalue weighted by Crippen LogP contribution is -2.54. The van der Waals surface area contributed by atoms with Gasteiger partial charge in [0.15, 0.2) is 5.13 Å². The smallest absolute Gasteiger partial charge is 0.220 e. The van der Waals surface area contributed by atoms with Crippen LogP contribution in [0.1, 0.15) is 19.3 Å². The highest BCUT2D eigenvalue weighted by Gasteiger charge is 2.34. The number of amides is 1. The Kier molecular flexibility index (Phi) is 2.66. The molecule has 2 aliphatic rings. The number of anilines is 2. The summed E-state index contributed by atoms with van der Waals surface area (Å²) in [4.78, 5) is 17.9. The number of hydrogen-bond donors (Lipinski definition) is 2. The fraction of sp³-hybridized carbons (Fsp3) is 0.636. The number of carbonyl (C=O) groups is 1. The standard InChI is InChI=1S/C11H16N4OS/c12-9-5-13-11(17-9)15-4-3-8-7(6-15)1-2-10(16)14-8/h5,7-8H,1-4,6,12H2,(H,14,16). The molecule has 0 aliphatic carbocycles. The molecule has 0 bridgehead atoms. The first-order chi connectivity index (χ1) is 8.22. The van der Waals surface area contributed by atoms with E-state index in [1.807, 2.05) is 0 Å². The van der Waals surface area contributed by atoms with Gasteiger partial charge in [0.1, 0.15) is 5.00 Å². The van der Waals surface area contributed by atoms with Crippen LogP contribution < -0.4 is 16.0 Å². The number of nitrogens with zero attached hydrogens (tertiary/aromatic N) is 2. The third kappa shape index (κ3) is 2.09. The van der Waals surface area contributed by atoms with Crippen LogP contribution in [-0.4, -0.2) is 30.0 Å². The van der Waals surface area contributed by atoms with Gasteiger partial charge < -0.3 is 16.0 Å². The molecule has 3 rings (SSSR count). The largest absolute Gasteiger partial charge is 0.389 e. The third-order valence-electron chi connectivity index (χ3n) is 3.60. The Balaban J connectivity index is 1.70. The van der Waals surface area contributed by atoms with Gasteiger partial charge in [-0.25, -0.2) is 4.98 Å². The first kappa shape index (κ1) is 10.8. The lowest BCUT2D eigenvalue weighted by Gasteiger charge is -2.41. The molecule has 2 atom stereocenters. The molecule has 2 saturated heterocycles. The number of rotatable bonds is 1. The van der Waals surface area contributed by atoms with E-state index < -0.39 is 0 Å². The van der Waals surface area contributed by atoms with Crippen molar-refractivity contribution >= 4 is 27.4 Å². The number of fused-ring (bicyclic) bond motifs is 1. The zero-order chi connectivity index (χ0) is 11.8. The minimum atomic E-state index is 0.207. The summed E-state index contributed by atoms with van der Waals surface area (Å²) in [5.74, 6) is 0.768. The minimum Gasteiger partial charge on any atom is -0.389 e. The van der Waals surface area contributed by atoms with E-state index in [-0.39, 0.29) is 5.91 Å². The van der Waals surface area contributed by atoms with Gasteiger partial charge >= 0.3 is 0 Å². The summed E-state index contributed by atoms with van der Waals surface area (Å²) < 4.78 is 0. The van der Waals surface area contributed by atoms with Crippen LogP contribution >= 0.6 is 11.3 Å². The molecule has 3 heterocycles. The van der Waals surface area contributed by atoms with Crippen LogP contribution in [-0.2, 0) is 4.79 Å². The minimum absolute atomic E-state index is 0.207. The van der Waals surface area contributed by atoms with Gasteiger partial charge in [-0.1, -0.05) is 11.3 Å². The molecule has 92 valence electrons. The second kappa shape index (κ2) is 4.18. The van der Waals surface area contributed by atoms with Crippen molar-refractivity contribution in [2.45, 2.75) is 25.3 Å². The monoisotopic (exact) mass is 252 g/mol. The fourth-order valence-corrected chi connectivity index (χ4v) is 3.42. The fourth-order valence-electron chi connectivity index (χ4n) is 2.71. The molecule has 1 amide bonds. The molecule has 0 saturated carbocycles. The topological polar surface area (TPSA) is 71.2 Å². The molecule has 0 spiro atoms. The second-order valence-electron chi connectivity index (χ2n) is 4.75. The average Bonchev–Trinajstić information content (AvgIpc) is 2.75. The summed E-state index contributed by atoms with van der Waals surface area (Å²) in [7, 11) is 0. The van der Waals surface area contributed by atoms with Crippen LogP contribution in [0.15, 0.2) is 6.20 Å². The second-order valence-corrected chi connectivity index (χ2v) is 5.79. The first-order valence-electron chi connectivity index (χ1n) is 5.98. The Morgan fingerprint density at radius 1 is 1.53 bits per heavy atom. The van der Waals surface area contributed by atoms with Crippen molar-refractivity contribution in [2.75, 3.05) is 23.7 Å². The van der Waals surface area contributed by atoms with Crippen molar-refractivity contribution in [2.24, 2.45) is 5.92 Å². The predicted octanol–water partition coefficient (Wildman–Crippen LogP) is 0.830. The number of piperidine rings is 2. The molecule has 2 aliphatic heterocycles. The van der Waals surface area contributed by atoms with Crippen molar-refractivity contribution < 1.29 is 4.79 Å². The highest BCUT2D eigenvalue weighted by atomic mass is 32.1. The lowest BCUT2D eigenvalue weighted by atomic mass is 9.85. The number of nitrogen functional groups attached to an aromatic ring is 1. The summed E-state index contributed by atoms with van der Waals surface area (Å²) in [5.41, 5.74) is 5.71. The normalized spacial score (nSPS) is 28.7. The molecule has 3 N–H and O–H groups in total. The zero-order valence-corrected chi connectivity index (χ0v) is 10.4. The van der Waals surface area contributed by atoms with Crippen LogP contribution in [0.4, 0.5) is 10.1 Å². The summed E-state index contributed by atoms with van der Waals surface area (Å²) in [6.45, 7) is 1.94. The van der Waals surface area contributed by atoms with Crippen LogP contribution in [0, 0.1) is 5.92 Å². The molecular formula is C11H16N4OS. The third-order valence-corrected chi connectivity index (χ3v) is 4.49. The molecule has 6 heteroatoms. The quantitative estimate of drug-likeness (QED) is 0.776. The van der Waals surface area contributed by atoms with Gasteiger partial charge in [0.05, 0.1) is 6.20 Å². The average molecular weight is 252 g/mol. The Bertz CT molecular complexity index is 433. The molecule has 2 fully saturated rings. The van der Waals surface area contributed by atoms with Crippen LogP contribution in [0.25, 0.3) is 0 Å². The van der Waals surface area contributed by atoms with Gasteiger partial charge in [-0.3, -0.25) is 4.79 Å². The summed E-state index contributed by atoms with van der Waals surface area (Å²) in [6, 6.07) is 0.366. The van der Waals surface area contributed by atoms with Crippen LogP contribution in [0.2, 0.25) is 0 Å². The van der Waals surface area contributed by atoms with E-state index in [2.05, 4.69) is 15.2 Å². The molecule has 0 aromatic carbocycles. The van der Waals surface area contributed by atoms with Gasteiger partial charge in [0.25, 0.3) is 0 Å². The molecule has 1 aromatic rings. The van der Waals surface area contributed by atoms with Crippen molar-refractivity contribution in [1.82, 2.24) is 10.3 Å². The van der Waals surface area contributed by atoms with Gasteiger partial charge in [-0.05, 0) is 18.8 Å². The number of thiazole rings is 1. The number of nitrogens with two attached hydrogens (primary N) is 1. The van der Waals surface area contributed by atoms with E-state index >= 15 is 0 Å². The van der Waals surface area contributed by atoms with E-state index in [0.717, 1.165) is 36.1 Å². The predicted molar refractivity (Wildman–Crippen MR) is 68.0 cm³/mol. The summed E-state index contributed by atoms with van der Waals surface area (Å²) in [5, 5.41) is 4.86. The zero-order valence-electron chi connectivity index (χ0n) is 9.56. The van der Waals surface area contributed by atoms with E-state index in [0.29, 0.717) is 18.4 Å². The SMILES string of the molecule is Nc1cnc(N2CCC3NC(=O)CCC3C2)s1. The maximum absolute atomic E-state index is 11.3. The Morgan fingerprint density at radius 2 is 2.41 bits per heavy atom. The lowest BCUT2D eigenvalue weighted by molar-refractivity contribution is -0.124. The van der Waals surface area contributed by atoms with Gasteiger partial charge in [0.2, 0.25) is 5.91 Å². The first-order valence-corrected chi connectivity index (χ1v) is 6.79. The Labute approximate surface area is 104 Å². The number of aromatic nitrogens is 1. The summed E-state index contributed by atoms with van der Waals surface area (Å²) >= 11 is 1.54. The number of hydrogen-bond acceptors (Lipinski definition) is 5. The molecule has 5 nitrogen and oxygen atoms in total. The highest BCUT2D eigenvalue weighted by Crippen LogP contribution is 2.31. The Hall–Kier alpha value is -1.30. The van der Waals surface area contributed by atoms with Crippen molar-refractivity contribution in [1.29, 1.82) is 0 Å². The van der Waals surface area contributed by atoms with Crippen molar-refractivity contribution in [3.63, 3.8) is 0 Å². The van der Waals surface area contributed by atoms with Crippen molar-refractivity contribution in [3.05, 3.63) is 6.20 Å². The van der Waals surface area contributed by atoms with E-state index in [1.54, 1.807) is 6.20 Å². The molecular weight excluding hydrogens is 236 g/mol. The molecule has 0 radical (unpaired) electrons. The number of nitrogens with one attached hydrogen (secondary N) is 1. The van der Waals surface area contributed by atoms with Crippen LogP contribution in [0.5, 0.6) is 0 Å². The molecule has 17 heavy (non-hydrogen) atoms. The van der Waals surface area contributed by atoms with Crippen molar-refractivity contribution in [3.8, 4) is 0 Å². The van der Waals surface area contributed by atoms with Gasteiger partial charge in [-0.2, -0.15) is 0 Å². The summed E-state index contributed by atoms with van der Waals surface area (Å²) in [6.07, 6.45) is 4.38. The van der Waals surface area contributed by atoms with E-state index in [4.69, 9.17) is 5.73 Å². The van der Waals surface area contributed by atoms with E-state index in [1.165, 1.54) is 11.3 Å².